The van der Waals surface area contributed by atoms with Crippen molar-refractivity contribution in [2.45, 2.75) is 58.8 Å². The van der Waals surface area contributed by atoms with Crippen molar-refractivity contribution in [1.82, 2.24) is 9.78 Å². The predicted octanol–water partition coefficient (Wildman–Crippen LogP) is 2.13. The topological polar surface area (TPSA) is 97.1 Å². The van der Waals surface area contributed by atoms with Gasteiger partial charge >= 0.3 is 7.48 Å². The van der Waals surface area contributed by atoms with Gasteiger partial charge < -0.3 is 15.5 Å². The molecular formula is C19H27BN4O2. The number of hydrogen-bond donors (Lipinski definition) is 2. The smallest absolute Gasteiger partial charge is 0.309 e. The molecule has 1 aromatic carbocycles. The van der Waals surface area contributed by atoms with E-state index < -0.39 is 11.2 Å². The van der Waals surface area contributed by atoms with E-state index in [1.807, 2.05) is 52.0 Å². The minimum absolute atomic E-state index is 0.0765. The van der Waals surface area contributed by atoms with Gasteiger partial charge in [0.1, 0.15) is 23.1 Å². The van der Waals surface area contributed by atoms with E-state index in [0.717, 1.165) is 11.0 Å². The third-order valence-corrected chi connectivity index (χ3v) is 4.85. The number of anilines is 1. The molecule has 0 spiro atoms. The molecule has 2 rings (SSSR count). The molecule has 0 aliphatic heterocycles. The number of aliphatic hydroxyl groups is 1. The van der Waals surface area contributed by atoms with Crippen molar-refractivity contribution >= 4 is 18.8 Å². The molecule has 1 heterocycles. The second kappa shape index (κ2) is 7.14. The standard InChI is InChI=1S/C19H27BN4O2/c1-12(2)24-17(22)15(11-21)16(23-24)13-7-9-14(10-8-13)20-26-19(5,6)18(3,4)25/h7-10,12,20,25H,22H2,1-6H3. The Morgan fingerprint density at radius 2 is 1.81 bits per heavy atom. The summed E-state index contributed by atoms with van der Waals surface area (Å²) in [4.78, 5) is 0. The lowest BCUT2D eigenvalue weighted by molar-refractivity contribution is -0.0893. The van der Waals surface area contributed by atoms with E-state index in [2.05, 4.69) is 11.2 Å². The average molecular weight is 354 g/mol. The van der Waals surface area contributed by atoms with Gasteiger partial charge in [-0.05, 0) is 41.5 Å². The second-order valence-corrected chi connectivity index (χ2v) is 7.81. The van der Waals surface area contributed by atoms with Crippen LogP contribution in [0.2, 0.25) is 0 Å². The van der Waals surface area contributed by atoms with Crippen LogP contribution in [0.3, 0.4) is 0 Å². The highest BCUT2D eigenvalue weighted by atomic mass is 16.5. The van der Waals surface area contributed by atoms with Gasteiger partial charge in [0.15, 0.2) is 0 Å². The van der Waals surface area contributed by atoms with Gasteiger partial charge in [-0.1, -0.05) is 29.7 Å². The van der Waals surface area contributed by atoms with Gasteiger partial charge in [-0.2, -0.15) is 10.4 Å². The normalized spacial score (nSPS) is 12.3. The first-order chi connectivity index (χ1) is 12.0. The quantitative estimate of drug-likeness (QED) is 0.775. The van der Waals surface area contributed by atoms with Crippen molar-refractivity contribution in [3.05, 3.63) is 29.8 Å². The highest BCUT2D eigenvalue weighted by Crippen LogP contribution is 2.28. The van der Waals surface area contributed by atoms with Crippen molar-refractivity contribution in [3.63, 3.8) is 0 Å². The van der Waals surface area contributed by atoms with Crippen molar-refractivity contribution in [2.75, 3.05) is 5.73 Å². The van der Waals surface area contributed by atoms with Crippen LogP contribution in [0, 0.1) is 11.3 Å². The summed E-state index contributed by atoms with van der Waals surface area (Å²) >= 11 is 0. The van der Waals surface area contributed by atoms with E-state index in [4.69, 9.17) is 10.4 Å². The van der Waals surface area contributed by atoms with Crippen LogP contribution in [0.25, 0.3) is 11.3 Å². The van der Waals surface area contributed by atoms with Gasteiger partial charge in [-0.3, -0.25) is 0 Å². The SMILES string of the molecule is CC(C)n1nc(-c2ccc(BOC(C)(C)C(C)(C)O)cc2)c(C#N)c1N. The Balaban J connectivity index is 2.23. The lowest BCUT2D eigenvalue weighted by Gasteiger charge is -2.37. The van der Waals surface area contributed by atoms with Crippen LogP contribution in [0.15, 0.2) is 24.3 Å². The number of hydrogen-bond acceptors (Lipinski definition) is 5. The molecule has 0 bridgehead atoms. The zero-order valence-electron chi connectivity index (χ0n) is 16.4. The molecule has 7 heteroatoms. The van der Waals surface area contributed by atoms with Gasteiger partial charge in [-0.15, -0.1) is 0 Å². The fourth-order valence-corrected chi connectivity index (χ4v) is 2.35. The molecule has 0 atom stereocenters. The Hall–Kier alpha value is -2.30. The maximum atomic E-state index is 10.2. The molecule has 3 N–H and O–H groups in total. The molecular weight excluding hydrogens is 327 g/mol. The van der Waals surface area contributed by atoms with E-state index in [0.29, 0.717) is 24.6 Å². The number of rotatable bonds is 6. The molecule has 1 aromatic heterocycles. The van der Waals surface area contributed by atoms with Gasteiger partial charge in [0, 0.05) is 11.6 Å². The fraction of sp³-hybridized carbons (Fsp3) is 0.474. The fourth-order valence-electron chi connectivity index (χ4n) is 2.35. The van der Waals surface area contributed by atoms with E-state index in [1.165, 1.54) is 0 Å². The molecule has 0 amide bonds. The van der Waals surface area contributed by atoms with Crippen LogP contribution in [-0.2, 0) is 4.65 Å². The summed E-state index contributed by atoms with van der Waals surface area (Å²) in [6.45, 7) is 11.1. The molecule has 0 fully saturated rings. The van der Waals surface area contributed by atoms with E-state index in [1.54, 1.807) is 18.5 Å². The third kappa shape index (κ3) is 3.92. The number of nitrogens with zero attached hydrogens (tertiary/aromatic N) is 3. The Morgan fingerprint density at radius 3 is 2.27 bits per heavy atom. The number of benzene rings is 1. The highest BCUT2D eigenvalue weighted by Gasteiger charge is 2.35. The molecule has 0 saturated heterocycles. The summed E-state index contributed by atoms with van der Waals surface area (Å²) in [5.74, 6) is 0.386. The summed E-state index contributed by atoms with van der Waals surface area (Å²) in [7, 11) is 0.380. The number of nitrogen functional groups attached to an aromatic ring is 1. The van der Waals surface area contributed by atoms with Gasteiger partial charge in [-0.25, -0.2) is 4.68 Å². The summed E-state index contributed by atoms with van der Waals surface area (Å²) in [6, 6.07) is 9.91. The van der Waals surface area contributed by atoms with Gasteiger partial charge in [0.05, 0.1) is 11.2 Å². The predicted molar refractivity (Wildman–Crippen MR) is 105 cm³/mol. The Kier molecular flexibility index (Phi) is 5.50. The summed E-state index contributed by atoms with van der Waals surface area (Å²) in [5, 5.41) is 24.1. The van der Waals surface area contributed by atoms with Crippen LogP contribution < -0.4 is 11.2 Å². The summed E-state index contributed by atoms with van der Waals surface area (Å²) in [6.07, 6.45) is 0. The number of nitrogens with two attached hydrogens (primary N) is 1. The Bertz CT molecular complexity index is 812. The molecule has 0 aliphatic rings. The summed E-state index contributed by atoms with van der Waals surface area (Å²) in [5.41, 5.74) is 7.21. The lowest BCUT2D eigenvalue weighted by Crippen LogP contribution is -2.49. The first-order valence-electron chi connectivity index (χ1n) is 8.71. The van der Waals surface area contributed by atoms with E-state index >= 15 is 0 Å². The third-order valence-electron chi connectivity index (χ3n) is 4.85. The second-order valence-electron chi connectivity index (χ2n) is 7.81. The lowest BCUT2D eigenvalue weighted by atomic mass is 9.82. The number of aromatic nitrogens is 2. The molecule has 2 aromatic rings. The van der Waals surface area contributed by atoms with Crippen molar-refractivity contribution in [2.24, 2.45) is 0 Å². The first-order valence-corrected chi connectivity index (χ1v) is 8.71. The molecule has 0 saturated carbocycles. The van der Waals surface area contributed by atoms with Crippen molar-refractivity contribution in [1.29, 1.82) is 5.26 Å². The molecule has 0 radical (unpaired) electrons. The minimum atomic E-state index is -0.949. The van der Waals surface area contributed by atoms with Crippen LogP contribution in [0.1, 0.15) is 53.1 Å². The van der Waals surface area contributed by atoms with Crippen LogP contribution in [0.4, 0.5) is 5.82 Å². The first kappa shape index (κ1) is 20.0. The highest BCUT2D eigenvalue weighted by molar-refractivity contribution is 6.47. The van der Waals surface area contributed by atoms with Crippen LogP contribution in [-0.4, -0.2) is 33.6 Å². The van der Waals surface area contributed by atoms with Gasteiger partial charge in [0.25, 0.3) is 0 Å². The monoisotopic (exact) mass is 354 g/mol. The largest absolute Gasteiger partial charge is 0.427 e. The molecule has 6 nitrogen and oxygen atoms in total. The Labute approximate surface area is 155 Å². The van der Waals surface area contributed by atoms with Gasteiger partial charge in [0.2, 0.25) is 0 Å². The minimum Gasteiger partial charge on any atom is -0.427 e. The molecule has 0 unspecified atom stereocenters. The maximum absolute atomic E-state index is 10.2. The van der Waals surface area contributed by atoms with E-state index in [-0.39, 0.29) is 6.04 Å². The van der Waals surface area contributed by atoms with Crippen LogP contribution in [0.5, 0.6) is 0 Å². The summed E-state index contributed by atoms with van der Waals surface area (Å²) < 4.78 is 7.55. The number of nitriles is 1. The molecule has 0 aliphatic carbocycles. The molecule has 26 heavy (non-hydrogen) atoms. The zero-order chi connectivity index (χ0) is 19.7. The average Bonchev–Trinajstić information content (AvgIpc) is 2.89. The van der Waals surface area contributed by atoms with Crippen molar-refractivity contribution in [3.8, 4) is 17.3 Å². The zero-order valence-corrected chi connectivity index (χ0v) is 16.4. The molecule has 138 valence electrons. The van der Waals surface area contributed by atoms with Crippen LogP contribution >= 0.6 is 0 Å². The Morgan fingerprint density at radius 1 is 1.23 bits per heavy atom. The van der Waals surface area contributed by atoms with Crippen molar-refractivity contribution < 1.29 is 9.76 Å². The maximum Gasteiger partial charge on any atom is 0.309 e. The van der Waals surface area contributed by atoms with E-state index in [9.17, 15) is 10.4 Å².